The van der Waals surface area contributed by atoms with E-state index in [4.69, 9.17) is 4.74 Å². The van der Waals surface area contributed by atoms with Crippen LogP contribution in [0.2, 0.25) is 0 Å². The second-order valence-corrected chi connectivity index (χ2v) is 6.08. The van der Waals surface area contributed by atoms with Crippen molar-refractivity contribution < 1.29 is 32.6 Å². The zero-order valence-electron chi connectivity index (χ0n) is 14.0. The first kappa shape index (κ1) is 19.1. The Hall–Kier alpha value is -2.71. The standard InChI is InChI=1S/C19H16F3NO4/c20-19(21,22)16(24)15(11-27-10-12-6-2-1-3-7-12)23-17(25)13-8-4-5-9-14(13)18(23)26/h1-9,15-16,24H,10-11H2/t15-,16-/m1/s1. The molecule has 0 unspecified atom stereocenters. The molecule has 1 aliphatic heterocycles. The molecule has 5 nitrogen and oxygen atoms in total. The van der Waals surface area contributed by atoms with Crippen molar-refractivity contribution in [2.45, 2.75) is 24.9 Å². The number of hydrogen-bond donors (Lipinski definition) is 1. The van der Waals surface area contributed by atoms with Gasteiger partial charge in [-0.3, -0.25) is 14.5 Å². The molecule has 1 heterocycles. The number of carbonyl (C=O) groups excluding carboxylic acids is 2. The Morgan fingerprint density at radius 1 is 0.926 bits per heavy atom. The van der Waals surface area contributed by atoms with Crippen LogP contribution < -0.4 is 0 Å². The monoisotopic (exact) mass is 379 g/mol. The van der Waals surface area contributed by atoms with Gasteiger partial charge in [0, 0.05) is 0 Å². The molecule has 3 rings (SSSR count). The van der Waals surface area contributed by atoms with E-state index in [-0.39, 0.29) is 17.7 Å². The highest BCUT2D eigenvalue weighted by Crippen LogP contribution is 2.31. The van der Waals surface area contributed by atoms with Gasteiger partial charge in [0.15, 0.2) is 6.10 Å². The first-order valence-corrected chi connectivity index (χ1v) is 8.14. The number of rotatable bonds is 6. The molecule has 0 radical (unpaired) electrons. The summed E-state index contributed by atoms with van der Waals surface area (Å²) in [6.07, 6.45) is -7.94. The van der Waals surface area contributed by atoms with Gasteiger partial charge in [-0.05, 0) is 17.7 Å². The molecule has 142 valence electrons. The van der Waals surface area contributed by atoms with Gasteiger partial charge in [-0.25, -0.2) is 0 Å². The number of hydrogen-bond acceptors (Lipinski definition) is 4. The minimum atomic E-state index is -5.02. The van der Waals surface area contributed by atoms with Gasteiger partial charge >= 0.3 is 6.18 Å². The van der Waals surface area contributed by atoms with E-state index in [1.807, 2.05) is 0 Å². The van der Waals surface area contributed by atoms with Crippen molar-refractivity contribution in [2.24, 2.45) is 0 Å². The van der Waals surface area contributed by atoms with E-state index >= 15 is 0 Å². The Morgan fingerprint density at radius 2 is 1.44 bits per heavy atom. The van der Waals surface area contributed by atoms with Gasteiger partial charge in [0.05, 0.1) is 30.4 Å². The Kier molecular flexibility index (Phi) is 5.29. The predicted molar refractivity (Wildman–Crippen MR) is 88.9 cm³/mol. The summed E-state index contributed by atoms with van der Waals surface area (Å²) in [5.74, 6) is -1.76. The lowest BCUT2D eigenvalue weighted by atomic mass is 10.1. The van der Waals surface area contributed by atoms with Crippen LogP contribution in [0.5, 0.6) is 0 Å². The van der Waals surface area contributed by atoms with E-state index in [2.05, 4.69) is 0 Å². The van der Waals surface area contributed by atoms with Crippen molar-refractivity contribution in [1.29, 1.82) is 0 Å². The maximum absolute atomic E-state index is 13.1. The minimum Gasteiger partial charge on any atom is -0.382 e. The number of ether oxygens (including phenoxy) is 1. The van der Waals surface area contributed by atoms with Crippen molar-refractivity contribution in [3.63, 3.8) is 0 Å². The molecular weight excluding hydrogens is 363 g/mol. The molecule has 0 fully saturated rings. The van der Waals surface area contributed by atoms with Crippen LogP contribution in [-0.2, 0) is 11.3 Å². The van der Waals surface area contributed by atoms with Crippen LogP contribution in [0, 0.1) is 0 Å². The summed E-state index contributed by atoms with van der Waals surface area (Å²) in [6, 6.07) is 12.5. The molecule has 1 aliphatic rings. The molecule has 0 saturated heterocycles. The lowest BCUT2D eigenvalue weighted by Gasteiger charge is -2.31. The number of aliphatic hydroxyl groups is 1. The van der Waals surface area contributed by atoms with Crippen LogP contribution in [-0.4, -0.2) is 46.7 Å². The van der Waals surface area contributed by atoms with Crippen molar-refractivity contribution in [1.82, 2.24) is 4.90 Å². The average Bonchev–Trinajstić information content (AvgIpc) is 2.90. The summed E-state index contributed by atoms with van der Waals surface area (Å²) in [5, 5.41) is 9.77. The predicted octanol–water partition coefficient (Wildman–Crippen LogP) is 2.79. The van der Waals surface area contributed by atoms with Crippen molar-refractivity contribution in [3.05, 3.63) is 71.3 Å². The molecule has 0 aromatic heterocycles. The zero-order chi connectivity index (χ0) is 19.6. The third-order valence-corrected chi connectivity index (χ3v) is 4.26. The Morgan fingerprint density at radius 3 is 1.96 bits per heavy atom. The SMILES string of the molecule is O=C1c2ccccc2C(=O)N1[C@H](COCc1ccccc1)[C@@H](O)C(F)(F)F. The fraction of sp³-hybridized carbons (Fsp3) is 0.263. The van der Waals surface area contributed by atoms with Crippen LogP contribution in [0.4, 0.5) is 13.2 Å². The molecule has 2 aromatic carbocycles. The fourth-order valence-electron chi connectivity index (χ4n) is 2.91. The fourth-order valence-corrected chi connectivity index (χ4v) is 2.91. The minimum absolute atomic E-state index is 0.00457. The van der Waals surface area contributed by atoms with E-state index < -0.39 is 36.7 Å². The second kappa shape index (κ2) is 7.50. The third kappa shape index (κ3) is 3.86. The molecule has 0 bridgehead atoms. The number of halogens is 3. The third-order valence-electron chi connectivity index (χ3n) is 4.26. The first-order valence-electron chi connectivity index (χ1n) is 8.14. The lowest BCUT2D eigenvalue weighted by Crippen LogP contribution is -2.54. The summed E-state index contributed by atoms with van der Waals surface area (Å²) in [6.45, 7) is -0.674. The van der Waals surface area contributed by atoms with Gasteiger partial charge in [-0.1, -0.05) is 42.5 Å². The van der Waals surface area contributed by atoms with Gasteiger partial charge in [0.25, 0.3) is 11.8 Å². The maximum atomic E-state index is 13.1. The molecule has 2 atom stereocenters. The molecule has 2 aromatic rings. The number of carbonyl (C=O) groups is 2. The van der Waals surface area contributed by atoms with Gasteiger partial charge in [-0.2, -0.15) is 13.2 Å². The average molecular weight is 379 g/mol. The molecule has 8 heteroatoms. The molecule has 0 saturated carbocycles. The number of aliphatic hydroxyl groups excluding tert-OH is 1. The second-order valence-electron chi connectivity index (χ2n) is 6.08. The summed E-state index contributed by atoms with van der Waals surface area (Å²) in [4.78, 5) is 25.4. The molecule has 1 N–H and O–H groups in total. The van der Waals surface area contributed by atoms with Crippen LogP contribution in [0.25, 0.3) is 0 Å². The van der Waals surface area contributed by atoms with E-state index in [0.717, 1.165) is 0 Å². The molecule has 2 amide bonds. The van der Waals surface area contributed by atoms with Crippen LogP contribution in [0.3, 0.4) is 0 Å². The lowest BCUT2D eigenvalue weighted by molar-refractivity contribution is -0.221. The molecule has 27 heavy (non-hydrogen) atoms. The summed E-state index contributed by atoms with van der Waals surface area (Å²) in [7, 11) is 0. The molecule has 0 spiro atoms. The Bertz CT molecular complexity index is 803. The van der Waals surface area contributed by atoms with E-state index in [9.17, 15) is 27.9 Å². The number of benzene rings is 2. The van der Waals surface area contributed by atoms with Gasteiger partial charge in [0.1, 0.15) is 0 Å². The number of fused-ring (bicyclic) bond motifs is 1. The number of amides is 2. The topological polar surface area (TPSA) is 66.8 Å². The summed E-state index contributed by atoms with van der Waals surface area (Å²) in [5.41, 5.74) is 0.718. The van der Waals surface area contributed by atoms with Crippen LogP contribution >= 0.6 is 0 Å². The van der Waals surface area contributed by atoms with E-state index in [1.165, 1.54) is 24.3 Å². The highest BCUT2D eigenvalue weighted by atomic mass is 19.4. The molecular formula is C19H16F3NO4. The number of alkyl halides is 3. The van der Waals surface area contributed by atoms with E-state index in [0.29, 0.717) is 10.5 Å². The van der Waals surface area contributed by atoms with Crippen LogP contribution in [0.1, 0.15) is 26.3 Å². The Labute approximate surface area is 153 Å². The smallest absolute Gasteiger partial charge is 0.382 e. The number of imide groups is 1. The zero-order valence-corrected chi connectivity index (χ0v) is 14.0. The highest BCUT2D eigenvalue weighted by Gasteiger charge is 2.51. The highest BCUT2D eigenvalue weighted by molar-refractivity contribution is 6.21. The summed E-state index contributed by atoms with van der Waals surface area (Å²) >= 11 is 0. The first-order chi connectivity index (χ1) is 12.8. The Balaban J connectivity index is 1.82. The van der Waals surface area contributed by atoms with Crippen LogP contribution in [0.15, 0.2) is 54.6 Å². The quantitative estimate of drug-likeness (QED) is 0.784. The van der Waals surface area contributed by atoms with Crippen molar-refractivity contribution >= 4 is 11.8 Å². The largest absolute Gasteiger partial charge is 0.416 e. The number of nitrogens with zero attached hydrogens (tertiary/aromatic N) is 1. The maximum Gasteiger partial charge on any atom is 0.416 e. The van der Waals surface area contributed by atoms with Gasteiger partial charge < -0.3 is 9.84 Å². The summed E-state index contributed by atoms with van der Waals surface area (Å²) < 4.78 is 44.7. The van der Waals surface area contributed by atoms with Crippen molar-refractivity contribution in [2.75, 3.05) is 6.61 Å². The molecule has 0 aliphatic carbocycles. The van der Waals surface area contributed by atoms with Gasteiger partial charge in [0.2, 0.25) is 0 Å². The van der Waals surface area contributed by atoms with E-state index in [1.54, 1.807) is 30.3 Å². The van der Waals surface area contributed by atoms with Gasteiger partial charge in [-0.15, -0.1) is 0 Å². The normalized spacial score (nSPS) is 16.4. The van der Waals surface area contributed by atoms with Crippen molar-refractivity contribution in [3.8, 4) is 0 Å².